The summed E-state index contributed by atoms with van der Waals surface area (Å²) >= 11 is 3.97. The summed E-state index contributed by atoms with van der Waals surface area (Å²) in [5.74, 6) is 0. The van der Waals surface area contributed by atoms with Crippen molar-refractivity contribution >= 4 is 44.6 Å². The zero-order valence-electron chi connectivity index (χ0n) is 10.9. The fourth-order valence-corrected chi connectivity index (χ4v) is 3.50. The molecule has 0 unspecified atom stereocenters. The lowest BCUT2D eigenvalue weighted by molar-refractivity contribution is 0.906. The Morgan fingerprint density at radius 2 is 2.11 bits per heavy atom. The van der Waals surface area contributed by atoms with Gasteiger partial charge in [-0.05, 0) is 53.3 Å². The number of hydrogen-bond acceptors (Lipinski definition) is 4. The van der Waals surface area contributed by atoms with Gasteiger partial charge in [0.05, 0.1) is 16.1 Å². The first kappa shape index (κ1) is 12.9. The first-order valence-corrected chi connectivity index (χ1v) is 7.74. The molecule has 0 N–H and O–H groups in total. The maximum atomic E-state index is 4.69. The molecule has 3 aromatic rings. The molecule has 0 amide bonds. The van der Waals surface area contributed by atoms with E-state index < -0.39 is 0 Å². The topological polar surface area (TPSA) is 33.4 Å². The predicted molar refractivity (Wildman–Crippen MR) is 88.1 cm³/mol. The van der Waals surface area contributed by atoms with Crippen LogP contribution in [0.4, 0.5) is 5.00 Å². The molecule has 4 nitrogen and oxygen atoms in total. The normalized spacial score (nSPS) is 11.2. The molecule has 3 heterocycles. The van der Waals surface area contributed by atoms with E-state index in [0.29, 0.717) is 0 Å². The SMILES string of the molecule is Cc1cc(I)nn2cc(-c3ccc(N(C)C)s3)nc12. The van der Waals surface area contributed by atoms with Crippen LogP contribution < -0.4 is 4.90 Å². The van der Waals surface area contributed by atoms with Gasteiger partial charge in [-0.25, -0.2) is 9.50 Å². The molecule has 0 aromatic carbocycles. The number of aromatic nitrogens is 3. The predicted octanol–water partition coefficient (Wildman–Crippen LogP) is 3.44. The summed E-state index contributed by atoms with van der Waals surface area (Å²) in [4.78, 5) is 7.96. The summed E-state index contributed by atoms with van der Waals surface area (Å²) in [6.07, 6.45) is 2.00. The fourth-order valence-electron chi connectivity index (χ4n) is 1.92. The maximum Gasteiger partial charge on any atom is 0.157 e. The van der Waals surface area contributed by atoms with E-state index >= 15 is 0 Å². The number of anilines is 1. The molecule has 0 radical (unpaired) electrons. The lowest BCUT2D eigenvalue weighted by Crippen LogP contribution is -2.05. The molecule has 0 aliphatic carbocycles. The summed E-state index contributed by atoms with van der Waals surface area (Å²) in [6.45, 7) is 2.07. The molecular weight excluding hydrogens is 371 g/mol. The number of halogens is 1. The van der Waals surface area contributed by atoms with Crippen LogP contribution in [0.25, 0.3) is 16.2 Å². The average Bonchev–Trinajstić information content (AvgIpc) is 2.92. The molecule has 0 spiro atoms. The largest absolute Gasteiger partial charge is 0.370 e. The van der Waals surface area contributed by atoms with Crippen LogP contribution in [-0.4, -0.2) is 28.7 Å². The third-order valence-corrected chi connectivity index (χ3v) is 4.67. The Balaban J connectivity index is 2.12. The monoisotopic (exact) mass is 384 g/mol. The number of thiophene rings is 1. The minimum Gasteiger partial charge on any atom is -0.370 e. The number of nitrogens with zero attached hydrogens (tertiary/aromatic N) is 4. The summed E-state index contributed by atoms with van der Waals surface area (Å²) in [7, 11) is 4.10. The van der Waals surface area contributed by atoms with Crippen LogP contribution in [0.2, 0.25) is 0 Å². The highest BCUT2D eigenvalue weighted by Crippen LogP contribution is 2.32. The Bertz CT molecular complexity index is 744. The van der Waals surface area contributed by atoms with Crippen LogP contribution in [0.3, 0.4) is 0 Å². The van der Waals surface area contributed by atoms with Gasteiger partial charge in [0.25, 0.3) is 0 Å². The van der Waals surface area contributed by atoms with Gasteiger partial charge in [-0.15, -0.1) is 11.3 Å². The van der Waals surface area contributed by atoms with Crippen molar-refractivity contribution in [2.75, 3.05) is 19.0 Å². The van der Waals surface area contributed by atoms with Crippen LogP contribution in [0.5, 0.6) is 0 Å². The summed E-state index contributed by atoms with van der Waals surface area (Å²) in [5.41, 5.74) is 3.06. The third-order valence-electron chi connectivity index (χ3n) is 2.86. The number of imidazole rings is 1. The quantitative estimate of drug-likeness (QED) is 0.635. The van der Waals surface area contributed by atoms with E-state index in [1.54, 1.807) is 11.3 Å². The fraction of sp³-hybridized carbons (Fsp3) is 0.231. The van der Waals surface area contributed by atoms with Crippen LogP contribution >= 0.6 is 33.9 Å². The van der Waals surface area contributed by atoms with Crippen molar-refractivity contribution < 1.29 is 0 Å². The van der Waals surface area contributed by atoms with Crippen LogP contribution in [0.15, 0.2) is 24.4 Å². The van der Waals surface area contributed by atoms with Gasteiger partial charge in [-0.1, -0.05) is 0 Å². The van der Waals surface area contributed by atoms with Crippen LogP contribution in [-0.2, 0) is 0 Å². The zero-order chi connectivity index (χ0) is 13.6. The number of rotatable bonds is 2. The van der Waals surface area contributed by atoms with Crippen molar-refractivity contribution in [1.29, 1.82) is 0 Å². The van der Waals surface area contributed by atoms with Crippen molar-refractivity contribution in [2.24, 2.45) is 0 Å². The molecular formula is C13H13IN4S. The van der Waals surface area contributed by atoms with E-state index in [0.717, 1.165) is 20.6 Å². The molecule has 6 heteroatoms. The average molecular weight is 384 g/mol. The first-order valence-electron chi connectivity index (χ1n) is 5.84. The summed E-state index contributed by atoms with van der Waals surface area (Å²) in [6, 6.07) is 6.28. The lowest BCUT2D eigenvalue weighted by Gasteiger charge is -2.06. The van der Waals surface area contributed by atoms with Crippen LogP contribution in [0, 0.1) is 10.6 Å². The maximum absolute atomic E-state index is 4.69. The molecule has 19 heavy (non-hydrogen) atoms. The zero-order valence-corrected chi connectivity index (χ0v) is 13.9. The standard InChI is InChI=1S/C13H13IN4S/c1-8-6-11(14)16-18-7-9(15-13(8)18)10-4-5-12(19-10)17(2)3/h4-7H,1-3H3. The molecule has 0 atom stereocenters. The van der Waals surface area contributed by atoms with E-state index in [1.807, 2.05) is 30.9 Å². The van der Waals surface area contributed by atoms with Gasteiger partial charge in [0.2, 0.25) is 0 Å². The minimum atomic E-state index is 0.926. The highest BCUT2D eigenvalue weighted by atomic mass is 127. The second kappa shape index (κ2) is 4.75. The molecule has 3 rings (SSSR count). The van der Waals surface area contributed by atoms with Crippen molar-refractivity contribution in [1.82, 2.24) is 14.6 Å². The first-order chi connectivity index (χ1) is 9.04. The van der Waals surface area contributed by atoms with Crippen molar-refractivity contribution in [3.63, 3.8) is 0 Å². The Labute approximate surface area is 129 Å². The second-order valence-electron chi connectivity index (χ2n) is 4.58. The van der Waals surface area contributed by atoms with E-state index in [-0.39, 0.29) is 0 Å². The Morgan fingerprint density at radius 3 is 2.79 bits per heavy atom. The summed E-state index contributed by atoms with van der Waals surface area (Å²) in [5, 5.41) is 5.69. The number of hydrogen-bond donors (Lipinski definition) is 0. The van der Waals surface area contributed by atoms with Gasteiger partial charge < -0.3 is 4.90 Å². The van der Waals surface area contributed by atoms with E-state index in [9.17, 15) is 0 Å². The molecule has 0 bridgehead atoms. The van der Waals surface area contributed by atoms with Crippen LogP contribution in [0.1, 0.15) is 5.56 Å². The van der Waals surface area contributed by atoms with Gasteiger partial charge in [-0.2, -0.15) is 5.10 Å². The number of fused-ring (bicyclic) bond motifs is 1. The molecule has 0 fully saturated rings. The molecule has 0 saturated carbocycles. The Morgan fingerprint density at radius 1 is 1.32 bits per heavy atom. The van der Waals surface area contributed by atoms with Crippen molar-refractivity contribution in [2.45, 2.75) is 6.92 Å². The van der Waals surface area contributed by atoms with Crippen molar-refractivity contribution in [3.05, 3.63) is 33.7 Å². The third kappa shape index (κ3) is 2.34. The molecule has 0 aliphatic rings. The molecule has 98 valence electrons. The van der Waals surface area contributed by atoms with Gasteiger partial charge in [0, 0.05) is 14.1 Å². The van der Waals surface area contributed by atoms with E-state index in [2.05, 4.69) is 56.6 Å². The summed E-state index contributed by atoms with van der Waals surface area (Å²) < 4.78 is 2.84. The highest BCUT2D eigenvalue weighted by Gasteiger charge is 2.11. The molecule has 0 saturated heterocycles. The minimum absolute atomic E-state index is 0.926. The number of aryl methyl sites for hydroxylation is 1. The second-order valence-corrected chi connectivity index (χ2v) is 6.74. The van der Waals surface area contributed by atoms with E-state index in [1.165, 1.54) is 9.88 Å². The Hall–Kier alpha value is -1.15. The van der Waals surface area contributed by atoms with Gasteiger partial charge in [-0.3, -0.25) is 0 Å². The van der Waals surface area contributed by atoms with Gasteiger partial charge in [0.15, 0.2) is 5.65 Å². The lowest BCUT2D eigenvalue weighted by atomic mass is 10.3. The smallest absolute Gasteiger partial charge is 0.157 e. The molecule has 3 aromatic heterocycles. The van der Waals surface area contributed by atoms with Gasteiger partial charge >= 0.3 is 0 Å². The van der Waals surface area contributed by atoms with E-state index in [4.69, 9.17) is 0 Å². The Kier molecular flexibility index (Phi) is 3.22. The van der Waals surface area contributed by atoms with Gasteiger partial charge in [0.1, 0.15) is 9.39 Å². The molecule has 0 aliphatic heterocycles. The van der Waals surface area contributed by atoms with Crippen molar-refractivity contribution in [3.8, 4) is 10.6 Å². The highest BCUT2D eigenvalue weighted by molar-refractivity contribution is 14.1.